The predicted octanol–water partition coefficient (Wildman–Crippen LogP) is 1.83. The molecule has 0 spiro atoms. The summed E-state index contributed by atoms with van der Waals surface area (Å²) in [5, 5.41) is 0. The molecule has 0 bridgehead atoms. The minimum atomic E-state index is -3.78. The van der Waals surface area contributed by atoms with Crippen molar-refractivity contribution in [3.05, 3.63) is 59.7 Å². The number of ether oxygens (including phenoxy) is 1. The largest absolute Gasteiger partial charge is 0.449 e. The van der Waals surface area contributed by atoms with E-state index in [-0.39, 0.29) is 10.5 Å². The first-order valence-electron chi connectivity index (χ1n) is 7.39. The highest BCUT2D eigenvalue weighted by Gasteiger charge is 2.18. The lowest BCUT2D eigenvalue weighted by Crippen LogP contribution is -2.30. The van der Waals surface area contributed by atoms with Crippen LogP contribution in [-0.4, -0.2) is 26.4 Å². The van der Waals surface area contributed by atoms with E-state index in [0.717, 1.165) is 5.56 Å². The number of sulfonamides is 1. The molecule has 7 nitrogen and oxygen atoms in total. The number of nitrogens with one attached hydrogen (secondary N) is 1. The van der Waals surface area contributed by atoms with Gasteiger partial charge in [0.1, 0.15) is 0 Å². The molecular formula is C17H18N2O5S. The van der Waals surface area contributed by atoms with Crippen molar-refractivity contribution >= 4 is 27.6 Å². The van der Waals surface area contributed by atoms with Crippen molar-refractivity contribution in [2.45, 2.75) is 24.8 Å². The van der Waals surface area contributed by atoms with Crippen LogP contribution in [0.15, 0.2) is 53.4 Å². The second kappa shape index (κ2) is 7.35. The van der Waals surface area contributed by atoms with Gasteiger partial charge in [-0.2, -0.15) is 0 Å². The molecule has 132 valence electrons. The van der Waals surface area contributed by atoms with Crippen molar-refractivity contribution < 1.29 is 22.7 Å². The van der Waals surface area contributed by atoms with Gasteiger partial charge in [-0.3, -0.25) is 9.52 Å². The zero-order chi connectivity index (χ0) is 18.6. The molecule has 0 saturated heterocycles. The van der Waals surface area contributed by atoms with Crippen LogP contribution in [0.25, 0.3) is 0 Å². The molecule has 2 rings (SSSR count). The molecule has 25 heavy (non-hydrogen) atoms. The number of benzene rings is 2. The molecule has 0 aliphatic rings. The molecule has 2 aromatic carbocycles. The smallest absolute Gasteiger partial charge is 0.338 e. The number of nitrogens with two attached hydrogens (primary N) is 1. The third-order valence-corrected chi connectivity index (χ3v) is 4.79. The molecule has 0 aliphatic heterocycles. The fourth-order valence-corrected chi connectivity index (χ4v) is 2.95. The Bertz CT molecular complexity index is 874. The van der Waals surface area contributed by atoms with Crippen molar-refractivity contribution in [3.63, 3.8) is 0 Å². The molecule has 1 amide bonds. The van der Waals surface area contributed by atoms with Gasteiger partial charge >= 0.3 is 5.97 Å². The van der Waals surface area contributed by atoms with E-state index >= 15 is 0 Å². The third kappa shape index (κ3) is 4.80. The highest BCUT2D eigenvalue weighted by molar-refractivity contribution is 7.92. The number of hydrogen-bond acceptors (Lipinski definition) is 5. The third-order valence-electron chi connectivity index (χ3n) is 3.39. The second-order valence-electron chi connectivity index (χ2n) is 5.45. The summed E-state index contributed by atoms with van der Waals surface area (Å²) in [5.41, 5.74) is 6.58. The number of amides is 1. The molecule has 0 unspecified atom stereocenters. The Morgan fingerprint density at radius 2 is 1.60 bits per heavy atom. The van der Waals surface area contributed by atoms with E-state index in [1.54, 1.807) is 24.3 Å². The van der Waals surface area contributed by atoms with E-state index in [2.05, 4.69) is 4.72 Å². The molecule has 1 atom stereocenters. The van der Waals surface area contributed by atoms with Gasteiger partial charge in [-0.15, -0.1) is 0 Å². The first kappa shape index (κ1) is 18.5. The first-order valence-corrected chi connectivity index (χ1v) is 8.87. The lowest BCUT2D eigenvalue weighted by molar-refractivity contribution is -0.125. The van der Waals surface area contributed by atoms with E-state index in [1.807, 2.05) is 6.92 Å². The average molecular weight is 362 g/mol. The van der Waals surface area contributed by atoms with Gasteiger partial charge in [0.05, 0.1) is 10.5 Å². The Kier molecular flexibility index (Phi) is 5.43. The van der Waals surface area contributed by atoms with Crippen LogP contribution in [0.1, 0.15) is 22.8 Å². The molecule has 0 saturated carbocycles. The van der Waals surface area contributed by atoms with Crippen LogP contribution >= 0.6 is 0 Å². The van der Waals surface area contributed by atoms with E-state index in [0.29, 0.717) is 5.69 Å². The van der Waals surface area contributed by atoms with Crippen LogP contribution < -0.4 is 10.5 Å². The Hall–Kier alpha value is -2.87. The first-order chi connectivity index (χ1) is 11.7. The molecule has 0 aliphatic carbocycles. The molecule has 3 N–H and O–H groups in total. The van der Waals surface area contributed by atoms with Crippen LogP contribution in [-0.2, 0) is 19.6 Å². The summed E-state index contributed by atoms with van der Waals surface area (Å²) in [6.45, 7) is 3.25. The summed E-state index contributed by atoms with van der Waals surface area (Å²) in [7, 11) is -3.78. The van der Waals surface area contributed by atoms with Crippen LogP contribution in [0.5, 0.6) is 0 Å². The monoisotopic (exact) mass is 362 g/mol. The number of primary amides is 1. The maximum Gasteiger partial charge on any atom is 0.338 e. The fourth-order valence-electron chi connectivity index (χ4n) is 1.89. The van der Waals surface area contributed by atoms with Gasteiger partial charge in [0.15, 0.2) is 6.10 Å². The quantitative estimate of drug-likeness (QED) is 0.761. The Morgan fingerprint density at radius 3 is 2.12 bits per heavy atom. The maximum absolute atomic E-state index is 12.3. The van der Waals surface area contributed by atoms with Gasteiger partial charge < -0.3 is 10.5 Å². The second-order valence-corrected chi connectivity index (χ2v) is 7.13. The summed E-state index contributed by atoms with van der Waals surface area (Å²) >= 11 is 0. The summed E-state index contributed by atoms with van der Waals surface area (Å²) < 4.78 is 32.0. The molecule has 0 fully saturated rings. The van der Waals surface area contributed by atoms with E-state index in [9.17, 15) is 18.0 Å². The Balaban J connectivity index is 2.14. The van der Waals surface area contributed by atoms with E-state index < -0.39 is 28.0 Å². The maximum atomic E-state index is 12.3. The zero-order valence-electron chi connectivity index (χ0n) is 13.7. The Morgan fingerprint density at radius 1 is 1.04 bits per heavy atom. The van der Waals surface area contributed by atoms with Gasteiger partial charge in [-0.05, 0) is 50.2 Å². The van der Waals surface area contributed by atoms with Gasteiger partial charge in [-0.25, -0.2) is 13.2 Å². The number of rotatable bonds is 6. The number of aryl methyl sites for hydroxylation is 1. The highest BCUT2D eigenvalue weighted by atomic mass is 32.2. The Labute approximate surface area is 145 Å². The van der Waals surface area contributed by atoms with Crippen LogP contribution in [0.3, 0.4) is 0 Å². The predicted molar refractivity (Wildman–Crippen MR) is 92.5 cm³/mol. The van der Waals surface area contributed by atoms with Crippen molar-refractivity contribution in [2.75, 3.05) is 4.72 Å². The molecule has 0 heterocycles. The number of carbonyl (C=O) groups is 2. The molecule has 0 aromatic heterocycles. The molecule has 0 radical (unpaired) electrons. The lowest BCUT2D eigenvalue weighted by atomic mass is 10.2. The van der Waals surface area contributed by atoms with Crippen molar-refractivity contribution in [2.24, 2.45) is 5.73 Å². The normalized spacial score (nSPS) is 12.2. The summed E-state index contributed by atoms with van der Waals surface area (Å²) in [6, 6.07) is 12.1. The number of esters is 1. The standard InChI is InChI=1S/C17H18N2O5S/c1-11-3-7-14(8-4-11)19-25(22,23)15-9-5-13(6-10-15)17(21)24-12(2)16(18)20/h3-10,12,19H,1-2H3,(H2,18,20)/t12-/m1/s1. The van der Waals surface area contributed by atoms with E-state index in [4.69, 9.17) is 10.5 Å². The fraction of sp³-hybridized carbons (Fsp3) is 0.176. The van der Waals surface area contributed by atoms with Crippen LogP contribution in [0.4, 0.5) is 5.69 Å². The van der Waals surface area contributed by atoms with Crippen LogP contribution in [0.2, 0.25) is 0 Å². The van der Waals surface area contributed by atoms with Gasteiger partial charge in [0, 0.05) is 5.69 Å². The van der Waals surface area contributed by atoms with Crippen molar-refractivity contribution in [1.82, 2.24) is 0 Å². The van der Waals surface area contributed by atoms with Crippen molar-refractivity contribution in [3.8, 4) is 0 Å². The molecular weight excluding hydrogens is 344 g/mol. The summed E-state index contributed by atoms with van der Waals surface area (Å²) in [6.07, 6.45) is -1.07. The average Bonchev–Trinajstić information content (AvgIpc) is 2.56. The van der Waals surface area contributed by atoms with Gasteiger partial charge in [-0.1, -0.05) is 17.7 Å². The topological polar surface area (TPSA) is 116 Å². The highest BCUT2D eigenvalue weighted by Crippen LogP contribution is 2.17. The summed E-state index contributed by atoms with van der Waals surface area (Å²) in [4.78, 5) is 22.7. The van der Waals surface area contributed by atoms with E-state index in [1.165, 1.54) is 31.2 Å². The minimum absolute atomic E-state index is 0.00688. The number of anilines is 1. The molecule has 2 aromatic rings. The summed E-state index contributed by atoms with van der Waals surface area (Å²) in [5.74, 6) is -1.53. The van der Waals surface area contributed by atoms with Crippen molar-refractivity contribution in [1.29, 1.82) is 0 Å². The lowest BCUT2D eigenvalue weighted by Gasteiger charge is -2.11. The number of hydrogen-bond donors (Lipinski definition) is 2. The number of carbonyl (C=O) groups excluding carboxylic acids is 2. The minimum Gasteiger partial charge on any atom is -0.449 e. The van der Waals surface area contributed by atoms with Gasteiger partial charge in [0.2, 0.25) is 0 Å². The SMILES string of the molecule is Cc1ccc(NS(=O)(=O)c2ccc(C(=O)O[C@H](C)C(N)=O)cc2)cc1. The van der Waals surface area contributed by atoms with Gasteiger partial charge in [0.25, 0.3) is 15.9 Å². The van der Waals surface area contributed by atoms with Crippen LogP contribution in [0, 0.1) is 6.92 Å². The molecule has 8 heteroatoms. The zero-order valence-corrected chi connectivity index (χ0v) is 14.5.